The second-order valence-corrected chi connectivity index (χ2v) is 7.52. The monoisotopic (exact) mass is 434 g/mol. The van der Waals surface area contributed by atoms with Crippen LogP contribution in [-0.2, 0) is 16.1 Å². The zero-order chi connectivity index (χ0) is 22.4. The first kappa shape index (κ1) is 21.7. The summed E-state index contributed by atoms with van der Waals surface area (Å²) in [6.45, 7) is -1.09. The van der Waals surface area contributed by atoms with Crippen LogP contribution in [0.5, 0.6) is 11.5 Å². The molecule has 0 unspecified atom stereocenters. The van der Waals surface area contributed by atoms with Crippen molar-refractivity contribution in [1.82, 2.24) is 0 Å². The van der Waals surface area contributed by atoms with Gasteiger partial charge in [0.1, 0.15) is 42.0 Å². The maximum absolute atomic E-state index is 13.0. The van der Waals surface area contributed by atoms with Crippen molar-refractivity contribution in [2.24, 2.45) is 0 Å². The molecule has 0 spiro atoms. The fourth-order valence-corrected chi connectivity index (χ4v) is 4.03. The number of aromatic hydroxyl groups is 2. The molecule has 31 heavy (non-hydrogen) atoms. The number of aliphatic hydroxyl groups excluding tert-OH is 5. The zero-order valence-electron chi connectivity index (χ0n) is 16.1. The summed E-state index contributed by atoms with van der Waals surface area (Å²) in [7, 11) is 0. The van der Waals surface area contributed by atoms with Crippen LogP contribution in [0.2, 0.25) is 0 Å². The SMILES string of the molecule is O=C1c2c(O)cccc2[C@@H](O[C@@H]2O[C@H](CO)[C@@H](O)[C@H](O)[C@H]2O)c2cc(CO)cc(O)c21. The van der Waals surface area contributed by atoms with E-state index in [2.05, 4.69) is 0 Å². The molecule has 7 N–H and O–H groups in total. The summed E-state index contributed by atoms with van der Waals surface area (Å²) in [5, 5.41) is 70.1. The molecule has 2 aromatic carbocycles. The normalized spacial score (nSPS) is 30.0. The topological polar surface area (TPSA) is 177 Å². The Bertz CT molecular complexity index is 1000. The number of hydrogen-bond donors (Lipinski definition) is 7. The zero-order valence-corrected chi connectivity index (χ0v) is 16.1. The number of benzene rings is 2. The average Bonchev–Trinajstić information content (AvgIpc) is 2.75. The molecule has 0 radical (unpaired) electrons. The van der Waals surface area contributed by atoms with E-state index in [0.29, 0.717) is 0 Å². The molecule has 1 saturated heterocycles. The molecule has 1 fully saturated rings. The third kappa shape index (κ3) is 3.48. The molecule has 2 aliphatic rings. The molecule has 2 aromatic rings. The second kappa shape index (κ2) is 8.17. The van der Waals surface area contributed by atoms with Crippen LogP contribution in [0, 0.1) is 0 Å². The number of fused-ring (bicyclic) bond motifs is 2. The molecule has 166 valence electrons. The van der Waals surface area contributed by atoms with Gasteiger partial charge in [0.2, 0.25) is 5.78 Å². The van der Waals surface area contributed by atoms with E-state index in [1.165, 1.54) is 30.3 Å². The van der Waals surface area contributed by atoms with Crippen LogP contribution in [-0.4, -0.2) is 78.8 Å². The summed E-state index contributed by atoms with van der Waals surface area (Å²) >= 11 is 0. The van der Waals surface area contributed by atoms with E-state index in [0.717, 1.165) is 0 Å². The van der Waals surface area contributed by atoms with Gasteiger partial charge >= 0.3 is 0 Å². The molecule has 0 amide bonds. The van der Waals surface area contributed by atoms with Crippen LogP contribution in [0.1, 0.15) is 38.7 Å². The first-order chi connectivity index (χ1) is 14.8. The van der Waals surface area contributed by atoms with Crippen molar-refractivity contribution >= 4 is 5.78 Å². The third-order valence-corrected chi connectivity index (χ3v) is 5.60. The molecule has 6 atom stereocenters. The number of rotatable bonds is 4. The van der Waals surface area contributed by atoms with E-state index in [4.69, 9.17) is 9.47 Å². The maximum atomic E-state index is 13.0. The van der Waals surface area contributed by atoms with Gasteiger partial charge in [-0.25, -0.2) is 0 Å². The van der Waals surface area contributed by atoms with Gasteiger partial charge in [-0.15, -0.1) is 0 Å². The summed E-state index contributed by atoms with van der Waals surface area (Å²) in [5.41, 5.74) is 0.389. The Morgan fingerprint density at radius 2 is 1.61 bits per heavy atom. The van der Waals surface area contributed by atoms with Crippen molar-refractivity contribution < 1.29 is 50.0 Å². The predicted molar refractivity (Wildman–Crippen MR) is 102 cm³/mol. The van der Waals surface area contributed by atoms with Gasteiger partial charge in [-0.1, -0.05) is 12.1 Å². The van der Waals surface area contributed by atoms with Gasteiger partial charge in [-0.05, 0) is 23.8 Å². The number of hydrogen-bond acceptors (Lipinski definition) is 10. The number of carbonyl (C=O) groups is 1. The minimum Gasteiger partial charge on any atom is -0.507 e. The van der Waals surface area contributed by atoms with Crippen LogP contribution in [0.15, 0.2) is 30.3 Å². The molecule has 10 nitrogen and oxygen atoms in total. The largest absolute Gasteiger partial charge is 0.507 e. The van der Waals surface area contributed by atoms with E-state index in [1.807, 2.05) is 0 Å². The highest BCUT2D eigenvalue weighted by molar-refractivity contribution is 6.15. The number of ether oxygens (including phenoxy) is 2. The van der Waals surface area contributed by atoms with Gasteiger partial charge in [0.05, 0.1) is 24.3 Å². The second-order valence-electron chi connectivity index (χ2n) is 7.52. The van der Waals surface area contributed by atoms with Gasteiger partial charge in [0.25, 0.3) is 0 Å². The first-order valence-corrected chi connectivity index (χ1v) is 9.57. The molecule has 1 aliphatic carbocycles. The van der Waals surface area contributed by atoms with E-state index in [1.54, 1.807) is 0 Å². The number of ketones is 1. The quantitative estimate of drug-likeness (QED) is 0.317. The standard InChI is InChI=1S/C21H22O10/c22-6-8-4-10-15(12(25)5-8)17(27)14-9(2-1-3-11(14)24)20(10)31-21-19(29)18(28)16(26)13(7-23)30-21/h1-5,13,16,18-26,28-29H,6-7H2/t13-,16-,18+,19-,20-,21+/m1/s1. The lowest BCUT2D eigenvalue weighted by molar-refractivity contribution is -0.309. The summed E-state index contributed by atoms with van der Waals surface area (Å²) in [6.07, 6.45) is -8.86. The smallest absolute Gasteiger partial charge is 0.201 e. The van der Waals surface area contributed by atoms with E-state index in [-0.39, 0.29) is 33.6 Å². The molecular weight excluding hydrogens is 412 g/mol. The summed E-state index contributed by atoms with van der Waals surface area (Å²) in [6, 6.07) is 6.94. The number of phenolic OH excluding ortho intramolecular Hbond substituents is 2. The number of phenols is 2. The Balaban J connectivity index is 1.83. The van der Waals surface area contributed by atoms with Crippen LogP contribution in [0.3, 0.4) is 0 Å². The van der Waals surface area contributed by atoms with Crippen molar-refractivity contribution in [2.45, 2.75) is 43.4 Å². The van der Waals surface area contributed by atoms with Gasteiger partial charge in [0.15, 0.2) is 6.29 Å². The van der Waals surface area contributed by atoms with Gasteiger partial charge in [-0.3, -0.25) is 4.79 Å². The Kier molecular flexibility index (Phi) is 5.71. The molecule has 1 aliphatic heterocycles. The molecule has 4 rings (SSSR count). The summed E-state index contributed by atoms with van der Waals surface area (Å²) in [4.78, 5) is 13.0. The fourth-order valence-electron chi connectivity index (χ4n) is 4.03. The minimum atomic E-state index is -1.70. The number of carbonyl (C=O) groups excluding carboxylic acids is 1. The van der Waals surface area contributed by atoms with Crippen molar-refractivity contribution in [1.29, 1.82) is 0 Å². The lowest BCUT2D eigenvalue weighted by atomic mass is 9.81. The molecule has 0 aromatic heterocycles. The van der Waals surface area contributed by atoms with Gasteiger partial charge in [0, 0.05) is 11.1 Å². The highest BCUT2D eigenvalue weighted by Crippen LogP contribution is 2.45. The fraction of sp³-hybridized carbons (Fsp3) is 0.381. The highest BCUT2D eigenvalue weighted by atomic mass is 16.7. The maximum Gasteiger partial charge on any atom is 0.201 e. The summed E-state index contributed by atoms with van der Waals surface area (Å²) in [5.74, 6) is -1.43. The lowest BCUT2D eigenvalue weighted by Gasteiger charge is -2.41. The molecule has 1 heterocycles. The third-order valence-electron chi connectivity index (χ3n) is 5.60. The predicted octanol–water partition coefficient (Wildman–Crippen LogP) is -0.960. The van der Waals surface area contributed by atoms with Crippen LogP contribution in [0.25, 0.3) is 0 Å². The Labute approximate surface area is 176 Å². The van der Waals surface area contributed by atoms with Crippen LogP contribution < -0.4 is 0 Å². The van der Waals surface area contributed by atoms with Crippen molar-refractivity contribution in [3.8, 4) is 11.5 Å². The van der Waals surface area contributed by atoms with E-state index >= 15 is 0 Å². The number of aliphatic hydroxyl groups is 5. The molecule has 0 bridgehead atoms. The van der Waals surface area contributed by atoms with Crippen molar-refractivity contribution in [2.75, 3.05) is 6.61 Å². The Hall–Kier alpha value is -2.57. The Morgan fingerprint density at radius 1 is 0.903 bits per heavy atom. The van der Waals surface area contributed by atoms with E-state index in [9.17, 15) is 40.5 Å². The van der Waals surface area contributed by atoms with E-state index < -0.39 is 61.6 Å². The average molecular weight is 434 g/mol. The highest BCUT2D eigenvalue weighted by Gasteiger charge is 2.46. The van der Waals surface area contributed by atoms with Crippen molar-refractivity contribution in [3.05, 3.63) is 58.1 Å². The lowest BCUT2D eigenvalue weighted by Crippen LogP contribution is -2.59. The molecule has 10 heteroatoms. The van der Waals surface area contributed by atoms with Crippen LogP contribution >= 0.6 is 0 Å². The molecular formula is C21H22O10. The van der Waals surface area contributed by atoms with Gasteiger partial charge < -0.3 is 45.2 Å². The minimum absolute atomic E-state index is 0.114. The Morgan fingerprint density at radius 3 is 2.29 bits per heavy atom. The van der Waals surface area contributed by atoms with Gasteiger partial charge in [-0.2, -0.15) is 0 Å². The van der Waals surface area contributed by atoms with Crippen LogP contribution in [0.4, 0.5) is 0 Å². The van der Waals surface area contributed by atoms with Crippen molar-refractivity contribution in [3.63, 3.8) is 0 Å². The summed E-state index contributed by atoms with van der Waals surface area (Å²) < 4.78 is 11.3. The molecule has 0 saturated carbocycles. The first-order valence-electron chi connectivity index (χ1n) is 9.57.